The molecule has 1 N–H and O–H groups in total. The Morgan fingerprint density at radius 3 is 2.62 bits per heavy atom. The van der Waals surface area contributed by atoms with E-state index in [0.29, 0.717) is 0 Å². The van der Waals surface area contributed by atoms with E-state index in [1.54, 1.807) is 13.4 Å². The molecule has 0 aliphatic carbocycles. The van der Waals surface area contributed by atoms with Gasteiger partial charge in [-0.2, -0.15) is 0 Å². The van der Waals surface area contributed by atoms with Gasteiger partial charge >= 0.3 is 0 Å². The Labute approximate surface area is 143 Å². The van der Waals surface area contributed by atoms with Crippen molar-refractivity contribution in [3.05, 3.63) is 66.1 Å². The fraction of sp³-hybridized carbons (Fsp3) is 0.300. The van der Waals surface area contributed by atoms with Gasteiger partial charge in [0.1, 0.15) is 11.5 Å². The van der Waals surface area contributed by atoms with Gasteiger partial charge in [-0.25, -0.2) is 0 Å². The molecule has 0 aliphatic heterocycles. The molecule has 0 amide bonds. The molecule has 24 heavy (non-hydrogen) atoms. The third-order valence-corrected chi connectivity index (χ3v) is 4.35. The molecule has 1 aromatic heterocycles. The summed E-state index contributed by atoms with van der Waals surface area (Å²) < 4.78 is 11.1. The molecule has 0 fully saturated rings. The van der Waals surface area contributed by atoms with E-state index in [9.17, 15) is 0 Å². The lowest BCUT2D eigenvalue weighted by Crippen LogP contribution is -2.30. The van der Waals surface area contributed by atoms with Crippen LogP contribution in [0.4, 0.5) is 0 Å². The Morgan fingerprint density at radius 1 is 1.08 bits per heavy atom. The first-order chi connectivity index (χ1) is 11.7. The lowest BCUT2D eigenvalue weighted by molar-refractivity contribution is 0.250. The van der Waals surface area contributed by atoms with Crippen LogP contribution in [0, 0.1) is 0 Å². The highest BCUT2D eigenvalue weighted by Crippen LogP contribution is 2.28. The van der Waals surface area contributed by atoms with Gasteiger partial charge in [0.05, 0.1) is 19.4 Å². The van der Waals surface area contributed by atoms with Crippen LogP contribution in [0.5, 0.6) is 5.75 Å². The largest absolute Gasteiger partial charge is 0.496 e. The smallest absolute Gasteiger partial charge is 0.123 e. The fourth-order valence-corrected chi connectivity index (χ4v) is 3.04. The summed E-state index contributed by atoms with van der Waals surface area (Å²) in [5.41, 5.74) is 1.19. The SMILES string of the molecule is COc1ccc2ccccc2c1CNCC(c1ccco1)N(C)C. The average molecular weight is 324 g/mol. The van der Waals surface area contributed by atoms with Crippen molar-refractivity contribution in [3.8, 4) is 5.75 Å². The highest BCUT2D eigenvalue weighted by Gasteiger charge is 2.17. The van der Waals surface area contributed by atoms with Gasteiger partial charge in [0.25, 0.3) is 0 Å². The molecule has 0 saturated heterocycles. The minimum atomic E-state index is 0.195. The van der Waals surface area contributed by atoms with Crippen molar-refractivity contribution in [2.45, 2.75) is 12.6 Å². The first-order valence-electron chi connectivity index (χ1n) is 8.16. The quantitative estimate of drug-likeness (QED) is 0.717. The van der Waals surface area contributed by atoms with Gasteiger partial charge in [-0.3, -0.25) is 4.90 Å². The Balaban J connectivity index is 1.78. The van der Waals surface area contributed by atoms with Gasteiger partial charge in [0.15, 0.2) is 0 Å². The van der Waals surface area contributed by atoms with Crippen molar-refractivity contribution in [2.75, 3.05) is 27.7 Å². The van der Waals surface area contributed by atoms with E-state index in [2.05, 4.69) is 54.6 Å². The summed E-state index contributed by atoms with van der Waals surface area (Å²) in [6.07, 6.45) is 1.72. The summed E-state index contributed by atoms with van der Waals surface area (Å²) in [6, 6.07) is 16.7. The molecule has 126 valence electrons. The van der Waals surface area contributed by atoms with Crippen LogP contribution in [-0.2, 0) is 6.54 Å². The summed E-state index contributed by atoms with van der Waals surface area (Å²) >= 11 is 0. The van der Waals surface area contributed by atoms with Gasteiger partial charge in [0, 0.05) is 18.7 Å². The van der Waals surface area contributed by atoms with Gasteiger partial charge < -0.3 is 14.5 Å². The number of rotatable bonds is 7. The monoisotopic (exact) mass is 324 g/mol. The molecular formula is C20H24N2O2. The number of methoxy groups -OCH3 is 1. The number of nitrogens with zero attached hydrogens (tertiary/aromatic N) is 1. The highest BCUT2D eigenvalue weighted by atomic mass is 16.5. The van der Waals surface area contributed by atoms with Crippen LogP contribution in [0.3, 0.4) is 0 Å². The fourth-order valence-electron chi connectivity index (χ4n) is 3.04. The third-order valence-electron chi connectivity index (χ3n) is 4.35. The second-order valence-corrected chi connectivity index (χ2v) is 6.09. The number of ether oxygens (including phenoxy) is 1. The van der Waals surface area contributed by atoms with E-state index < -0.39 is 0 Å². The minimum absolute atomic E-state index is 0.195. The lowest BCUT2D eigenvalue weighted by Gasteiger charge is -2.23. The van der Waals surface area contributed by atoms with Crippen molar-refractivity contribution in [2.24, 2.45) is 0 Å². The number of likely N-dealkylation sites (N-methyl/N-ethyl adjacent to an activating group) is 1. The van der Waals surface area contributed by atoms with Crippen molar-refractivity contribution in [3.63, 3.8) is 0 Å². The van der Waals surface area contributed by atoms with E-state index in [4.69, 9.17) is 9.15 Å². The zero-order chi connectivity index (χ0) is 16.9. The summed E-state index contributed by atoms with van der Waals surface area (Å²) in [7, 11) is 5.85. The average Bonchev–Trinajstić information content (AvgIpc) is 3.12. The summed E-state index contributed by atoms with van der Waals surface area (Å²) in [6.45, 7) is 1.54. The van der Waals surface area contributed by atoms with E-state index in [1.165, 1.54) is 16.3 Å². The first-order valence-corrected chi connectivity index (χ1v) is 8.16. The molecule has 4 heteroatoms. The summed E-state index contributed by atoms with van der Waals surface area (Å²) in [5, 5.41) is 6.01. The maximum atomic E-state index is 5.57. The van der Waals surface area contributed by atoms with Gasteiger partial charge in [-0.1, -0.05) is 30.3 Å². The molecule has 0 bridgehead atoms. The number of hydrogen-bond donors (Lipinski definition) is 1. The van der Waals surface area contributed by atoms with Gasteiger partial charge in [-0.15, -0.1) is 0 Å². The van der Waals surface area contributed by atoms with Crippen LogP contribution in [0.1, 0.15) is 17.4 Å². The van der Waals surface area contributed by atoms with Crippen molar-refractivity contribution in [1.82, 2.24) is 10.2 Å². The maximum Gasteiger partial charge on any atom is 0.123 e. The van der Waals surface area contributed by atoms with Crippen molar-refractivity contribution < 1.29 is 9.15 Å². The van der Waals surface area contributed by atoms with Crippen molar-refractivity contribution in [1.29, 1.82) is 0 Å². The number of furan rings is 1. The van der Waals surface area contributed by atoms with Crippen LogP contribution >= 0.6 is 0 Å². The number of fused-ring (bicyclic) bond motifs is 1. The summed E-state index contributed by atoms with van der Waals surface area (Å²) in [4.78, 5) is 2.16. The zero-order valence-corrected chi connectivity index (χ0v) is 14.5. The number of hydrogen-bond acceptors (Lipinski definition) is 4. The molecule has 4 nitrogen and oxygen atoms in total. The number of benzene rings is 2. The Hall–Kier alpha value is -2.30. The molecule has 3 rings (SSSR count). The minimum Gasteiger partial charge on any atom is -0.496 e. The molecule has 1 atom stereocenters. The standard InChI is InChI=1S/C20H24N2O2/c1-22(2)18(20-9-6-12-24-20)14-21-13-17-16-8-5-4-7-15(16)10-11-19(17)23-3/h4-12,18,21H,13-14H2,1-3H3. The Morgan fingerprint density at radius 2 is 1.92 bits per heavy atom. The van der Waals surface area contributed by atoms with Crippen LogP contribution in [0.2, 0.25) is 0 Å². The third kappa shape index (κ3) is 3.45. The maximum absolute atomic E-state index is 5.57. The van der Waals surface area contributed by atoms with Gasteiger partial charge in [0.2, 0.25) is 0 Å². The number of nitrogens with one attached hydrogen (secondary N) is 1. The van der Waals surface area contributed by atoms with Crippen molar-refractivity contribution >= 4 is 10.8 Å². The molecule has 0 spiro atoms. The van der Waals surface area contributed by atoms with E-state index >= 15 is 0 Å². The first kappa shape index (κ1) is 16.6. The Kier molecular flexibility index (Phi) is 5.18. The predicted octanol–water partition coefficient (Wildman–Crippen LogP) is 3.83. The Bertz CT molecular complexity index is 781. The highest BCUT2D eigenvalue weighted by molar-refractivity contribution is 5.87. The summed E-state index contributed by atoms with van der Waals surface area (Å²) in [5.74, 6) is 1.89. The molecule has 3 aromatic rings. The van der Waals surface area contributed by atoms with E-state index in [0.717, 1.165) is 24.6 Å². The predicted molar refractivity (Wildman–Crippen MR) is 97.3 cm³/mol. The molecule has 0 aliphatic rings. The van der Waals surface area contributed by atoms with Crippen LogP contribution in [0.25, 0.3) is 10.8 Å². The molecule has 2 aromatic carbocycles. The molecule has 0 saturated carbocycles. The lowest BCUT2D eigenvalue weighted by atomic mass is 10.0. The second-order valence-electron chi connectivity index (χ2n) is 6.09. The zero-order valence-electron chi connectivity index (χ0n) is 14.5. The normalized spacial score (nSPS) is 12.7. The topological polar surface area (TPSA) is 37.6 Å². The molecule has 0 radical (unpaired) electrons. The second kappa shape index (κ2) is 7.51. The molecular weight excluding hydrogens is 300 g/mol. The van der Waals surface area contributed by atoms with Crippen LogP contribution in [-0.4, -0.2) is 32.6 Å². The van der Waals surface area contributed by atoms with Crippen LogP contribution < -0.4 is 10.1 Å². The van der Waals surface area contributed by atoms with Crippen LogP contribution in [0.15, 0.2) is 59.2 Å². The molecule has 1 unspecified atom stereocenters. The van der Waals surface area contributed by atoms with E-state index in [1.807, 2.05) is 18.2 Å². The van der Waals surface area contributed by atoms with Gasteiger partial charge in [-0.05, 0) is 43.1 Å². The molecule has 1 heterocycles. The van der Waals surface area contributed by atoms with E-state index in [-0.39, 0.29) is 6.04 Å².